The molecule has 6 rings (SSSR count). The smallest absolute Gasteiger partial charge is 0.0524 e. The number of benzene rings is 6. The van der Waals surface area contributed by atoms with Gasteiger partial charge in [-0.05, 0) is 191 Å². The van der Waals surface area contributed by atoms with Gasteiger partial charge in [-0.3, -0.25) is 0 Å². The van der Waals surface area contributed by atoms with Crippen molar-refractivity contribution in [3.05, 3.63) is 173 Å². The fourth-order valence-electron chi connectivity index (χ4n) is 10.2. The van der Waals surface area contributed by atoms with Crippen molar-refractivity contribution >= 4 is 47.7 Å². The molecule has 0 amide bonds. The second-order valence-electron chi connectivity index (χ2n) is 17.4. The monoisotopic (exact) mass is 884 g/mol. The summed E-state index contributed by atoms with van der Waals surface area (Å²) in [6.45, 7) is 40.9. The molecule has 57 heavy (non-hydrogen) atoms. The Bertz CT molecular complexity index is 1880. The molecule has 0 saturated carbocycles. The molecule has 0 spiro atoms. The number of hydrogen-bond donors (Lipinski definition) is 0. The third-order valence-corrected chi connectivity index (χ3v) is 19.3. The summed E-state index contributed by atoms with van der Waals surface area (Å²) in [4.78, 5) is 0. The van der Waals surface area contributed by atoms with E-state index in [1.165, 1.54) is 100 Å². The van der Waals surface area contributed by atoms with Gasteiger partial charge in [0.25, 0.3) is 0 Å². The Labute approximate surface area is 363 Å². The van der Waals surface area contributed by atoms with Crippen LogP contribution in [-0.2, 0) is 20.4 Å². The van der Waals surface area contributed by atoms with Crippen LogP contribution in [0.5, 0.6) is 0 Å². The van der Waals surface area contributed by atoms with Crippen LogP contribution in [0.2, 0.25) is 0 Å². The summed E-state index contributed by atoms with van der Waals surface area (Å²) in [5.74, 6) is 0. The molecule has 0 radical (unpaired) electrons. The second kappa shape index (κ2) is 18.8. The Morgan fingerprint density at radius 1 is 0.193 bits per heavy atom. The minimum absolute atomic E-state index is 0. The molecular weight excluding hydrogens is 817 g/mol. The third-order valence-electron chi connectivity index (χ3n) is 11.6. The van der Waals surface area contributed by atoms with Crippen LogP contribution in [-0.4, -0.2) is 0 Å². The Morgan fingerprint density at radius 3 is 0.368 bits per heavy atom. The maximum absolute atomic E-state index is 2.37. The van der Waals surface area contributed by atoms with Crippen molar-refractivity contribution in [1.82, 2.24) is 0 Å². The summed E-state index contributed by atoms with van der Waals surface area (Å²) in [7, 11) is -2.21. The van der Waals surface area contributed by atoms with Crippen molar-refractivity contribution in [2.45, 2.75) is 125 Å². The summed E-state index contributed by atoms with van der Waals surface area (Å²) in [5, 5.41) is 9.42. The van der Waals surface area contributed by atoms with Gasteiger partial charge in [0.1, 0.15) is 47.7 Å². The fourth-order valence-corrected chi connectivity index (χ4v) is 17.3. The van der Waals surface area contributed by atoms with Gasteiger partial charge in [-0.25, -0.2) is 0 Å². The molecule has 302 valence electrons. The van der Waals surface area contributed by atoms with Gasteiger partial charge < -0.3 is 0 Å². The van der Waals surface area contributed by atoms with E-state index < -0.39 is 15.8 Å². The van der Waals surface area contributed by atoms with E-state index >= 15 is 0 Å². The first-order chi connectivity index (χ1) is 26.2. The van der Waals surface area contributed by atoms with Crippen LogP contribution >= 0.6 is 15.8 Å². The van der Waals surface area contributed by atoms with Gasteiger partial charge in [-0.1, -0.05) is 106 Å². The van der Waals surface area contributed by atoms with Gasteiger partial charge in [0, 0.05) is 20.4 Å². The Hall–Kier alpha value is -3.16. The summed E-state index contributed by atoms with van der Waals surface area (Å²) in [6, 6.07) is 28.4. The van der Waals surface area contributed by atoms with Crippen molar-refractivity contribution in [2.75, 3.05) is 0 Å². The SMILES string of the molecule is Cc1cc(C)c([PH+](c2c(C)cc(C)cc2C)c2c(C)cc(C)cc2C)c(C)c1.Cc1cc(C)c([PH+](c2c(C)cc(C)cc2C)c2c(C)cc(C)cc2C)c(C)c1.[Pd]. The molecule has 0 N–H and O–H groups in total. The molecule has 0 atom stereocenters. The van der Waals surface area contributed by atoms with Crippen LogP contribution in [0.15, 0.2) is 72.8 Å². The van der Waals surface area contributed by atoms with E-state index in [4.69, 9.17) is 0 Å². The average Bonchev–Trinajstić information content (AvgIpc) is 3.02. The standard InChI is InChI=1S/2C27H33P.Pd/c2*1-16-10-19(4)25(20(5)11-16)28(26-21(6)12-17(2)13-22(26)7)27-23(8)14-18(3)15-24(27)9;/h2*10-15H,1-9H3;/p+2. The maximum Gasteiger partial charge on any atom is 0.108 e. The average molecular weight is 886 g/mol. The van der Waals surface area contributed by atoms with Gasteiger partial charge in [0.05, 0.1) is 0 Å². The maximum atomic E-state index is 2.37. The molecule has 0 nitrogen and oxygen atoms in total. The van der Waals surface area contributed by atoms with Crippen LogP contribution in [0.25, 0.3) is 0 Å². The van der Waals surface area contributed by atoms with Gasteiger partial charge in [0.2, 0.25) is 0 Å². The molecule has 0 aliphatic rings. The van der Waals surface area contributed by atoms with Gasteiger partial charge in [0.15, 0.2) is 0 Å². The zero-order valence-electron chi connectivity index (χ0n) is 38.2. The van der Waals surface area contributed by atoms with Gasteiger partial charge in [-0.15, -0.1) is 0 Å². The number of hydrogen-bond acceptors (Lipinski definition) is 0. The van der Waals surface area contributed by atoms with Crippen LogP contribution in [0.4, 0.5) is 0 Å². The zero-order chi connectivity index (χ0) is 41.5. The normalized spacial score (nSPS) is 11.2. The number of aryl methyl sites for hydroxylation is 18. The van der Waals surface area contributed by atoms with E-state index in [-0.39, 0.29) is 20.4 Å². The molecule has 0 aromatic heterocycles. The Morgan fingerprint density at radius 2 is 0.281 bits per heavy atom. The van der Waals surface area contributed by atoms with Crippen LogP contribution in [0.1, 0.15) is 100 Å². The fraction of sp³-hybridized carbons (Fsp3) is 0.333. The molecule has 6 aromatic rings. The van der Waals surface area contributed by atoms with Crippen molar-refractivity contribution in [2.24, 2.45) is 0 Å². The molecule has 0 aliphatic heterocycles. The molecule has 0 unspecified atom stereocenters. The zero-order valence-corrected chi connectivity index (χ0v) is 41.8. The van der Waals surface area contributed by atoms with Crippen LogP contribution < -0.4 is 31.8 Å². The Balaban J connectivity index is 0.000000248. The first-order valence-corrected chi connectivity index (χ1v) is 23.4. The third kappa shape index (κ3) is 10.0. The van der Waals surface area contributed by atoms with E-state index in [1.807, 2.05) is 0 Å². The molecule has 6 aromatic carbocycles. The van der Waals surface area contributed by atoms with Gasteiger partial charge >= 0.3 is 0 Å². The molecule has 0 fully saturated rings. The van der Waals surface area contributed by atoms with E-state index in [2.05, 4.69) is 197 Å². The summed E-state index contributed by atoms with van der Waals surface area (Å²) in [6.07, 6.45) is 0. The molecular formula is C54H68P2Pd+2. The minimum atomic E-state index is -1.11. The first-order valence-electron chi connectivity index (χ1n) is 20.4. The van der Waals surface area contributed by atoms with Crippen molar-refractivity contribution in [3.63, 3.8) is 0 Å². The van der Waals surface area contributed by atoms with Crippen molar-refractivity contribution in [1.29, 1.82) is 0 Å². The van der Waals surface area contributed by atoms with E-state index in [0.29, 0.717) is 0 Å². The summed E-state index contributed by atoms with van der Waals surface area (Å²) < 4.78 is 0. The predicted octanol–water partition coefficient (Wildman–Crippen LogP) is 11.9. The molecule has 0 aliphatic carbocycles. The van der Waals surface area contributed by atoms with E-state index in [1.54, 1.807) is 31.8 Å². The summed E-state index contributed by atoms with van der Waals surface area (Å²) >= 11 is 0. The second-order valence-corrected chi connectivity index (χ2v) is 21.9. The molecule has 0 bridgehead atoms. The summed E-state index contributed by atoms with van der Waals surface area (Å²) in [5.41, 5.74) is 25.4. The first kappa shape index (κ1) is 46.5. The van der Waals surface area contributed by atoms with Crippen molar-refractivity contribution in [3.8, 4) is 0 Å². The van der Waals surface area contributed by atoms with Crippen LogP contribution in [0, 0.1) is 125 Å². The minimum Gasteiger partial charge on any atom is -0.0524 e. The Kier molecular flexibility index (Phi) is 15.4. The van der Waals surface area contributed by atoms with E-state index in [9.17, 15) is 0 Å². The predicted molar refractivity (Wildman–Crippen MR) is 258 cm³/mol. The topological polar surface area (TPSA) is 0 Å². The largest absolute Gasteiger partial charge is 0.108 e. The molecule has 3 heteroatoms. The van der Waals surface area contributed by atoms with Gasteiger partial charge in [-0.2, -0.15) is 0 Å². The van der Waals surface area contributed by atoms with Crippen molar-refractivity contribution < 1.29 is 20.4 Å². The quantitative estimate of drug-likeness (QED) is 0.115. The van der Waals surface area contributed by atoms with Crippen LogP contribution in [0.3, 0.4) is 0 Å². The van der Waals surface area contributed by atoms with E-state index in [0.717, 1.165) is 0 Å². The molecule has 0 saturated heterocycles. The molecule has 0 heterocycles. The number of rotatable bonds is 6.